The molecule has 0 amide bonds. The second kappa shape index (κ2) is 3.20. The van der Waals surface area contributed by atoms with E-state index in [-0.39, 0.29) is 11.1 Å². The van der Waals surface area contributed by atoms with Crippen molar-refractivity contribution >= 4 is 38.4 Å². The van der Waals surface area contributed by atoms with Crippen LogP contribution >= 0.6 is 27.5 Å². The van der Waals surface area contributed by atoms with Crippen LogP contribution in [-0.4, -0.2) is 9.97 Å². The molecule has 0 aliphatic carbocycles. The van der Waals surface area contributed by atoms with Crippen LogP contribution in [0.25, 0.3) is 10.9 Å². The van der Waals surface area contributed by atoms with Crippen LogP contribution in [0, 0.1) is 5.82 Å². The third-order valence-electron chi connectivity index (χ3n) is 1.59. The van der Waals surface area contributed by atoms with Gasteiger partial charge in [-0.2, -0.15) is 0 Å². The SMILES string of the molecule is Fc1cc2cnc(Cl)nc2cc1Br. The molecule has 0 bridgehead atoms. The molecule has 2 rings (SSSR count). The lowest BCUT2D eigenvalue weighted by Gasteiger charge is -1.98. The van der Waals surface area contributed by atoms with E-state index in [1.165, 1.54) is 12.3 Å². The van der Waals surface area contributed by atoms with Crippen molar-refractivity contribution in [2.24, 2.45) is 0 Å². The molecule has 1 heterocycles. The monoisotopic (exact) mass is 260 g/mol. The molecule has 0 aliphatic heterocycles. The summed E-state index contributed by atoms with van der Waals surface area (Å²) in [5.41, 5.74) is 0.619. The Morgan fingerprint density at radius 2 is 2.15 bits per heavy atom. The van der Waals surface area contributed by atoms with Gasteiger partial charge in [-0.1, -0.05) is 0 Å². The second-order valence-electron chi connectivity index (χ2n) is 2.46. The standard InChI is InChI=1S/C8H3BrClFN2/c9-5-2-7-4(1-6(5)11)3-12-8(10)13-7/h1-3H. The number of halogens is 3. The maximum Gasteiger partial charge on any atom is 0.222 e. The molecule has 2 nitrogen and oxygen atoms in total. The number of rotatable bonds is 0. The summed E-state index contributed by atoms with van der Waals surface area (Å²) in [6.07, 6.45) is 1.49. The van der Waals surface area contributed by atoms with Crippen LogP contribution in [0.3, 0.4) is 0 Å². The average molecular weight is 261 g/mol. The first-order chi connectivity index (χ1) is 6.16. The third kappa shape index (κ3) is 1.64. The molecule has 13 heavy (non-hydrogen) atoms. The molecule has 0 unspecified atom stereocenters. The number of nitrogens with zero attached hydrogens (tertiary/aromatic N) is 2. The van der Waals surface area contributed by atoms with E-state index in [1.807, 2.05) is 0 Å². The summed E-state index contributed by atoms with van der Waals surface area (Å²) in [4.78, 5) is 7.69. The summed E-state index contributed by atoms with van der Waals surface area (Å²) in [6, 6.07) is 2.92. The molecular formula is C8H3BrClFN2. The first-order valence-corrected chi connectivity index (χ1v) is 4.61. The van der Waals surface area contributed by atoms with Gasteiger partial charge in [0.25, 0.3) is 0 Å². The van der Waals surface area contributed by atoms with Crippen molar-refractivity contribution < 1.29 is 4.39 Å². The van der Waals surface area contributed by atoms with Crippen LogP contribution in [0.5, 0.6) is 0 Å². The van der Waals surface area contributed by atoms with Crippen molar-refractivity contribution in [1.29, 1.82) is 0 Å². The number of aromatic nitrogens is 2. The van der Waals surface area contributed by atoms with Crippen molar-refractivity contribution in [1.82, 2.24) is 9.97 Å². The van der Waals surface area contributed by atoms with E-state index < -0.39 is 0 Å². The van der Waals surface area contributed by atoms with E-state index in [0.717, 1.165) is 0 Å². The molecule has 0 fully saturated rings. The predicted octanol–water partition coefficient (Wildman–Crippen LogP) is 3.18. The van der Waals surface area contributed by atoms with Crippen LogP contribution in [0.4, 0.5) is 4.39 Å². The smallest absolute Gasteiger partial charge is 0.222 e. The van der Waals surface area contributed by atoms with Crippen molar-refractivity contribution in [2.75, 3.05) is 0 Å². The number of benzene rings is 1. The quantitative estimate of drug-likeness (QED) is 0.681. The van der Waals surface area contributed by atoms with Gasteiger partial charge in [0.2, 0.25) is 5.28 Å². The second-order valence-corrected chi connectivity index (χ2v) is 3.66. The molecule has 2 aromatic rings. The Bertz CT molecular complexity index is 475. The van der Waals surface area contributed by atoms with E-state index >= 15 is 0 Å². The van der Waals surface area contributed by atoms with E-state index in [1.54, 1.807) is 6.07 Å². The van der Waals surface area contributed by atoms with Crippen LogP contribution in [0.1, 0.15) is 0 Å². The Balaban J connectivity index is 2.81. The fourth-order valence-electron chi connectivity index (χ4n) is 1.00. The van der Waals surface area contributed by atoms with Crippen molar-refractivity contribution in [3.63, 3.8) is 0 Å². The van der Waals surface area contributed by atoms with E-state index in [9.17, 15) is 4.39 Å². The summed E-state index contributed by atoms with van der Waals surface area (Å²) in [7, 11) is 0. The van der Waals surface area contributed by atoms with Gasteiger partial charge in [0.1, 0.15) is 5.82 Å². The first kappa shape index (κ1) is 8.84. The Kier molecular flexibility index (Phi) is 2.17. The molecule has 0 spiro atoms. The Labute approximate surface area is 86.9 Å². The van der Waals surface area contributed by atoms with Gasteiger partial charge in [0.05, 0.1) is 9.99 Å². The lowest BCUT2D eigenvalue weighted by atomic mass is 10.2. The van der Waals surface area contributed by atoms with Crippen molar-refractivity contribution in [3.05, 3.63) is 33.9 Å². The lowest BCUT2D eigenvalue weighted by molar-refractivity contribution is 0.623. The fourth-order valence-corrected chi connectivity index (χ4v) is 1.47. The average Bonchev–Trinajstić information content (AvgIpc) is 2.08. The fraction of sp³-hybridized carbons (Fsp3) is 0. The molecule has 66 valence electrons. The molecule has 0 saturated carbocycles. The molecule has 1 aromatic carbocycles. The van der Waals surface area contributed by atoms with Gasteiger partial charge in [-0.15, -0.1) is 0 Å². The molecule has 5 heteroatoms. The molecule has 0 N–H and O–H groups in total. The topological polar surface area (TPSA) is 25.8 Å². The van der Waals surface area contributed by atoms with Gasteiger partial charge in [-0.05, 0) is 39.7 Å². The minimum absolute atomic E-state index is 0.158. The zero-order chi connectivity index (χ0) is 9.42. The Hall–Kier alpha value is -0.740. The predicted molar refractivity (Wildman–Crippen MR) is 52.2 cm³/mol. The van der Waals surface area contributed by atoms with E-state index in [2.05, 4.69) is 25.9 Å². The van der Waals surface area contributed by atoms with Gasteiger partial charge >= 0.3 is 0 Å². The largest absolute Gasteiger partial charge is 0.226 e. The van der Waals surface area contributed by atoms with Gasteiger partial charge < -0.3 is 0 Å². The zero-order valence-corrected chi connectivity index (χ0v) is 8.60. The van der Waals surface area contributed by atoms with Crippen LogP contribution in [-0.2, 0) is 0 Å². The summed E-state index contributed by atoms with van der Waals surface area (Å²) < 4.78 is 13.4. The number of fused-ring (bicyclic) bond motifs is 1. The number of hydrogen-bond donors (Lipinski definition) is 0. The minimum atomic E-state index is -0.335. The van der Waals surface area contributed by atoms with Gasteiger partial charge in [0, 0.05) is 11.6 Å². The van der Waals surface area contributed by atoms with Crippen LogP contribution < -0.4 is 0 Å². The van der Waals surface area contributed by atoms with E-state index in [0.29, 0.717) is 15.4 Å². The molecule has 0 atom stereocenters. The van der Waals surface area contributed by atoms with Gasteiger partial charge in [0.15, 0.2) is 0 Å². The first-order valence-electron chi connectivity index (χ1n) is 3.44. The molecule has 1 aromatic heterocycles. The van der Waals surface area contributed by atoms with Crippen molar-refractivity contribution in [2.45, 2.75) is 0 Å². The van der Waals surface area contributed by atoms with E-state index in [4.69, 9.17) is 11.6 Å². The van der Waals surface area contributed by atoms with Gasteiger partial charge in [-0.3, -0.25) is 0 Å². The Morgan fingerprint density at radius 1 is 1.38 bits per heavy atom. The highest BCUT2D eigenvalue weighted by atomic mass is 79.9. The normalized spacial score (nSPS) is 10.7. The highest BCUT2D eigenvalue weighted by molar-refractivity contribution is 9.10. The summed E-state index contributed by atoms with van der Waals surface area (Å²) >= 11 is 8.64. The summed E-state index contributed by atoms with van der Waals surface area (Å²) in [6.45, 7) is 0. The number of hydrogen-bond acceptors (Lipinski definition) is 2. The summed E-state index contributed by atoms with van der Waals surface area (Å²) in [5.74, 6) is -0.335. The Morgan fingerprint density at radius 3 is 2.92 bits per heavy atom. The molecule has 0 aliphatic rings. The van der Waals surface area contributed by atoms with Crippen LogP contribution in [0.15, 0.2) is 22.8 Å². The third-order valence-corrected chi connectivity index (χ3v) is 2.38. The minimum Gasteiger partial charge on any atom is -0.226 e. The maximum absolute atomic E-state index is 13.0. The summed E-state index contributed by atoms with van der Waals surface area (Å²) in [5, 5.41) is 0.788. The molecule has 0 radical (unpaired) electrons. The lowest BCUT2D eigenvalue weighted by Crippen LogP contribution is -1.86. The molecule has 0 saturated heterocycles. The maximum atomic E-state index is 13.0. The highest BCUT2D eigenvalue weighted by Gasteiger charge is 2.03. The van der Waals surface area contributed by atoms with Crippen LogP contribution in [0.2, 0.25) is 5.28 Å². The van der Waals surface area contributed by atoms with Gasteiger partial charge in [-0.25, -0.2) is 14.4 Å². The zero-order valence-electron chi connectivity index (χ0n) is 6.26. The van der Waals surface area contributed by atoms with Crippen molar-refractivity contribution in [3.8, 4) is 0 Å². The molecular weight excluding hydrogens is 258 g/mol. The highest BCUT2D eigenvalue weighted by Crippen LogP contribution is 2.22.